The molecule has 0 spiro atoms. The molecule has 1 aliphatic rings. The number of hydrogen-bond acceptors (Lipinski definition) is 3. The first-order chi connectivity index (χ1) is 11.6. The van der Waals surface area contributed by atoms with Gasteiger partial charge in [-0.3, -0.25) is 9.59 Å². The quantitative estimate of drug-likeness (QED) is 0.938. The largest absolute Gasteiger partial charge is 0.479 e. The molecule has 1 atom stereocenters. The molecule has 0 aromatic heterocycles. The van der Waals surface area contributed by atoms with Crippen molar-refractivity contribution in [3.63, 3.8) is 0 Å². The van der Waals surface area contributed by atoms with Gasteiger partial charge in [0.15, 0.2) is 6.10 Å². The zero-order valence-corrected chi connectivity index (χ0v) is 13.8. The summed E-state index contributed by atoms with van der Waals surface area (Å²) in [5.41, 5.74) is 2.44. The molecule has 1 aliphatic heterocycles. The van der Waals surface area contributed by atoms with E-state index in [2.05, 4.69) is 5.32 Å². The molecular weight excluding hydrogens is 304 g/mol. The fourth-order valence-electron chi connectivity index (χ4n) is 2.67. The van der Waals surface area contributed by atoms with Gasteiger partial charge in [-0.2, -0.15) is 0 Å². The summed E-state index contributed by atoms with van der Waals surface area (Å²) in [6.45, 7) is 4.02. The van der Waals surface area contributed by atoms with Crippen LogP contribution in [-0.4, -0.2) is 17.9 Å². The molecule has 5 nitrogen and oxygen atoms in total. The summed E-state index contributed by atoms with van der Waals surface area (Å²) in [5, 5.41) is 2.81. The lowest BCUT2D eigenvalue weighted by Crippen LogP contribution is -2.44. The van der Waals surface area contributed by atoms with Crippen LogP contribution < -0.4 is 15.0 Å². The topological polar surface area (TPSA) is 58.6 Å². The van der Waals surface area contributed by atoms with Crippen LogP contribution in [0.3, 0.4) is 0 Å². The number of ether oxygens (including phenoxy) is 1. The van der Waals surface area contributed by atoms with Crippen molar-refractivity contribution in [2.24, 2.45) is 0 Å². The molecule has 1 unspecified atom stereocenters. The number of fused-ring (bicyclic) bond motifs is 1. The van der Waals surface area contributed by atoms with E-state index >= 15 is 0 Å². The van der Waals surface area contributed by atoms with Crippen LogP contribution in [0.5, 0.6) is 5.75 Å². The molecule has 0 radical (unpaired) electrons. The van der Waals surface area contributed by atoms with Crippen LogP contribution in [0.25, 0.3) is 0 Å². The van der Waals surface area contributed by atoms with Gasteiger partial charge in [0.2, 0.25) is 5.91 Å². The highest BCUT2D eigenvalue weighted by molar-refractivity contribution is 6.00. The van der Waals surface area contributed by atoms with E-state index in [0.717, 1.165) is 11.3 Å². The van der Waals surface area contributed by atoms with Crippen LogP contribution in [0.1, 0.15) is 25.8 Å². The maximum atomic E-state index is 12.5. The molecule has 5 heteroatoms. The van der Waals surface area contributed by atoms with E-state index in [1.54, 1.807) is 30.9 Å². The first kappa shape index (κ1) is 16.1. The molecule has 2 aromatic carbocycles. The average molecular weight is 324 g/mol. The van der Waals surface area contributed by atoms with Crippen molar-refractivity contribution >= 4 is 23.2 Å². The smallest absolute Gasteiger partial charge is 0.268 e. The van der Waals surface area contributed by atoms with Crippen molar-refractivity contribution in [3.8, 4) is 5.75 Å². The van der Waals surface area contributed by atoms with Gasteiger partial charge in [-0.25, -0.2) is 0 Å². The highest BCUT2D eigenvalue weighted by atomic mass is 16.5. The molecule has 1 heterocycles. The summed E-state index contributed by atoms with van der Waals surface area (Å²) >= 11 is 0. The van der Waals surface area contributed by atoms with Gasteiger partial charge in [-0.05, 0) is 24.6 Å². The number of carbonyl (C=O) groups is 2. The van der Waals surface area contributed by atoms with E-state index in [0.29, 0.717) is 24.4 Å². The summed E-state index contributed by atoms with van der Waals surface area (Å²) < 4.78 is 5.73. The molecular formula is C19H20N2O3. The summed E-state index contributed by atoms with van der Waals surface area (Å²) in [6, 6.07) is 15.2. The van der Waals surface area contributed by atoms with E-state index in [1.165, 1.54) is 0 Å². The Bertz CT molecular complexity index is 758. The van der Waals surface area contributed by atoms with Crippen LogP contribution in [0.4, 0.5) is 11.4 Å². The molecule has 2 aromatic rings. The van der Waals surface area contributed by atoms with Gasteiger partial charge in [0.25, 0.3) is 5.91 Å². The zero-order valence-electron chi connectivity index (χ0n) is 13.8. The highest BCUT2D eigenvalue weighted by Gasteiger charge is 2.31. The molecule has 3 rings (SSSR count). The Labute approximate surface area is 141 Å². The molecule has 2 amide bonds. The average Bonchev–Trinajstić information content (AvgIpc) is 2.59. The van der Waals surface area contributed by atoms with Crippen LogP contribution in [0.15, 0.2) is 48.5 Å². The normalized spacial score (nSPS) is 16.3. The van der Waals surface area contributed by atoms with Crippen molar-refractivity contribution in [3.05, 3.63) is 54.1 Å². The fourth-order valence-corrected chi connectivity index (χ4v) is 2.67. The van der Waals surface area contributed by atoms with Gasteiger partial charge >= 0.3 is 0 Å². The van der Waals surface area contributed by atoms with Crippen molar-refractivity contribution in [2.75, 3.05) is 10.2 Å². The van der Waals surface area contributed by atoms with Gasteiger partial charge in [0, 0.05) is 18.2 Å². The van der Waals surface area contributed by atoms with E-state index in [4.69, 9.17) is 4.74 Å². The third kappa shape index (κ3) is 3.25. The van der Waals surface area contributed by atoms with Crippen molar-refractivity contribution in [1.82, 2.24) is 0 Å². The van der Waals surface area contributed by atoms with Crippen LogP contribution in [0.2, 0.25) is 0 Å². The molecule has 1 N–H and O–H groups in total. The van der Waals surface area contributed by atoms with Crippen LogP contribution >= 0.6 is 0 Å². The molecule has 0 aliphatic carbocycles. The highest BCUT2D eigenvalue weighted by Crippen LogP contribution is 2.37. The lowest BCUT2D eigenvalue weighted by Gasteiger charge is -2.33. The number of rotatable bonds is 4. The Balaban J connectivity index is 1.91. The number of nitrogens with one attached hydrogen (secondary N) is 1. The number of hydrogen-bond donors (Lipinski definition) is 1. The van der Waals surface area contributed by atoms with Crippen molar-refractivity contribution < 1.29 is 14.3 Å². The number of benzene rings is 2. The second-order valence-corrected chi connectivity index (χ2v) is 5.75. The maximum absolute atomic E-state index is 12.5. The second-order valence-electron chi connectivity index (χ2n) is 5.75. The summed E-state index contributed by atoms with van der Waals surface area (Å²) in [6.07, 6.45) is -0.147. The van der Waals surface area contributed by atoms with Crippen molar-refractivity contribution in [1.29, 1.82) is 0 Å². The Morgan fingerprint density at radius 2 is 1.96 bits per heavy atom. The first-order valence-electron chi connectivity index (χ1n) is 8.04. The predicted molar refractivity (Wildman–Crippen MR) is 93.1 cm³/mol. The molecule has 0 fully saturated rings. The molecule has 0 saturated heterocycles. The SMILES string of the molecule is CCC(=O)Nc1ccc2c(c1)OC(C)C(=O)N2Cc1ccccc1. The lowest BCUT2D eigenvalue weighted by atomic mass is 10.1. The Hall–Kier alpha value is -2.82. The van der Waals surface area contributed by atoms with E-state index in [-0.39, 0.29) is 11.8 Å². The minimum absolute atomic E-state index is 0.0592. The monoisotopic (exact) mass is 324 g/mol. The Morgan fingerprint density at radius 3 is 2.67 bits per heavy atom. The molecule has 0 bridgehead atoms. The minimum Gasteiger partial charge on any atom is -0.479 e. The third-order valence-electron chi connectivity index (χ3n) is 3.96. The predicted octanol–water partition coefficient (Wildman–Crippen LogP) is 3.35. The summed E-state index contributed by atoms with van der Waals surface area (Å²) in [5.74, 6) is 0.472. The minimum atomic E-state index is -0.557. The second kappa shape index (κ2) is 6.74. The summed E-state index contributed by atoms with van der Waals surface area (Å²) in [7, 11) is 0. The molecule has 124 valence electrons. The van der Waals surface area contributed by atoms with Gasteiger partial charge < -0.3 is 15.0 Å². The van der Waals surface area contributed by atoms with Gasteiger partial charge in [-0.15, -0.1) is 0 Å². The number of anilines is 2. The van der Waals surface area contributed by atoms with Crippen LogP contribution in [0, 0.1) is 0 Å². The first-order valence-corrected chi connectivity index (χ1v) is 8.04. The van der Waals surface area contributed by atoms with Gasteiger partial charge in [-0.1, -0.05) is 37.3 Å². The van der Waals surface area contributed by atoms with Crippen molar-refractivity contribution in [2.45, 2.75) is 32.9 Å². The zero-order chi connectivity index (χ0) is 17.1. The number of carbonyl (C=O) groups excluding carboxylic acids is 2. The third-order valence-corrected chi connectivity index (χ3v) is 3.96. The number of amides is 2. The molecule has 24 heavy (non-hydrogen) atoms. The van der Waals surface area contributed by atoms with E-state index in [1.807, 2.05) is 36.4 Å². The fraction of sp³-hybridized carbons (Fsp3) is 0.263. The van der Waals surface area contributed by atoms with E-state index < -0.39 is 6.10 Å². The Kier molecular flexibility index (Phi) is 4.51. The standard InChI is InChI=1S/C19H20N2O3/c1-3-18(22)20-15-9-10-16-17(11-15)24-13(2)19(23)21(16)12-14-7-5-4-6-8-14/h4-11,13H,3,12H2,1-2H3,(H,20,22). The van der Waals surface area contributed by atoms with E-state index in [9.17, 15) is 9.59 Å². The summed E-state index contributed by atoms with van der Waals surface area (Å²) in [4.78, 5) is 25.8. The van der Waals surface area contributed by atoms with Gasteiger partial charge in [0.05, 0.1) is 12.2 Å². The maximum Gasteiger partial charge on any atom is 0.268 e. The Morgan fingerprint density at radius 1 is 1.21 bits per heavy atom. The molecule has 0 saturated carbocycles. The number of nitrogens with zero attached hydrogens (tertiary/aromatic N) is 1. The van der Waals surface area contributed by atoms with Crippen LogP contribution in [-0.2, 0) is 16.1 Å². The van der Waals surface area contributed by atoms with Gasteiger partial charge in [0.1, 0.15) is 5.75 Å². The lowest BCUT2D eigenvalue weighted by molar-refractivity contribution is -0.125.